The number of nitrogens with two attached hydrogens (primary N) is 1. The molecular weight excluding hydrogens is 294 g/mol. The maximum absolute atomic E-state index is 6.08. The van der Waals surface area contributed by atoms with Gasteiger partial charge in [-0.1, -0.05) is 48.5 Å². The fraction of sp³-hybridized carbons (Fsp3) is 0.286. The molecule has 0 amide bonds. The highest BCUT2D eigenvalue weighted by Gasteiger charge is 2.06. The molecule has 0 saturated carbocycles. The Labute approximate surface area is 127 Å². The van der Waals surface area contributed by atoms with Crippen molar-refractivity contribution in [2.24, 2.45) is 0 Å². The number of ether oxygens (including phenoxy) is 1. The second-order valence-electron chi connectivity index (χ2n) is 4.14. The Morgan fingerprint density at radius 1 is 1.30 bits per heavy atom. The number of halogens is 1. The van der Waals surface area contributed by atoms with Crippen LogP contribution in [0.2, 0.25) is 5.02 Å². The van der Waals surface area contributed by atoms with Crippen LogP contribution in [0.5, 0.6) is 5.88 Å². The molecule has 0 spiro atoms. The third-order valence-electron chi connectivity index (χ3n) is 2.47. The standard InChI is InChI=1S/C14H16ClN3OS/c1-2-7-20-14-17-12(16)8-13(18-14)19-9-10-5-3-4-6-11(10)15/h3-6,8H,2,7,9H2,1H3,(H2,16,17,18). The number of aromatic nitrogens is 2. The molecule has 4 nitrogen and oxygen atoms in total. The average molecular weight is 310 g/mol. The number of nitrogen functional groups attached to an aromatic ring is 1. The summed E-state index contributed by atoms with van der Waals surface area (Å²) < 4.78 is 5.65. The van der Waals surface area contributed by atoms with E-state index in [-0.39, 0.29) is 0 Å². The minimum absolute atomic E-state index is 0.355. The third-order valence-corrected chi connectivity index (χ3v) is 3.89. The van der Waals surface area contributed by atoms with Crippen LogP contribution in [0, 0.1) is 0 Å². The third kappa shape index (κ3) is 4.28. The van der Waals surface area contributed by atoms with E-state index in [9.17, 15) is 0 Å². The fourth-order valence-corrected chi connectivity index (χ4v) is 2.42. The summed E-state index contributed by atoms with van der Waals surface area (Å²) in [4.78, 5) is 8.49. The molecule has 6 heteroatoms. The number of hydrogen-bond donors (Lipinski definition) is 1. The molecule has 2 rings (SSSR count). The Morgan fingerprint density at radius 3 is 2.85 bits per heavy atom. The van der Waals surface area contributed by atoms with Crippen LogP contribution >= 0.6 is 23.4 Å². The van der Waals surface area contributed by atoms with E-state index >= 15 is 0 Å². The van der Waals surface area contributed by atoms with E-state index in [1.165, 1.54) is 0 Å². The second kappa shape index (κ2) is 7.36. The summed E-state index contributed by atoms with van der Waals surface area (Å²) in [6.07, 6.45) is 1.05. The largest absolute Gasteiger partial charge is 0.473 e. The molecule has 1 aromatic carbocycles. The molecule has 20 heavy (non-hydrogen) atoms. The van der Waals surface area contributed by atoms with Gasteiger partial charge in [0.25, 0.3) is 0 Å². The molecule has 0 aliphatic rings. The predicted octanol–water partition coefficient (Wildman–Crippen LogP) is 3.79. The molecular formula is C14H16ClN3OS. The van der Waals surface area contributed by atoms with Gasteiger partial charge in [0.05, 0.1) is 0 Å². The molecule has 0 radical (unpaired) electrons. The van der Waals surface area contributed by atoms with Crippen molar-refractivity contribution in [3.05, 3.63) is 40.9 Å². The summed E-state index contributed by atoms with van der Waals surface area (Å²) in [5.41, 5.74) is 6.67. The molecule has 0 fully saturated rings. The van der Waals surface area contributed by atoms with Gasteiger partial charge < -0.3 is 10.5 Å². The van der Waals surface area contributed by atoms with Crippen molar-refractivity contribution < 1.29 is 4.74 Å². The van der Waals surface area contributed by atoms with Crippen molar-refractivity contribution in [3.8, 4) is 5.88 Å². The minimum Gasteiger partial charge on any atom is -0.473 e. The van der Waals surface area contributed by atoms with Gasteiger partial charge in [-0.2, -0.15) is 4.98 Å². The zero-order valence-corrected chi connectivity index (χ0v) is 12.7. The van der Waals surface area contributed by atoms with Crippen LogP contribution in [0.1, 0.15) is 18.9 Å². The van der Waals surface area contributed by atoms with Crippen LogP contribution in [0.3, 0.4) is 0 Å². The lowest BCUT2D eigenvalue weighted by Gasteiger charge is -2.08. The van der Waals surface area contributed by atoms with Crippen LogP contribution in [0.25, 0.3) is 0 Å². The van der Waals surface area contributed by atoms with E-state index in [4.69, 9.17) is 22.1 Å². The topological polar surface area (TPSA) is 61.0 Å². The number of nitrogens with zero attached hydrogens (tertiary/aromatic N) is 2. The monoisotopic (exact) mass is 309 g/mol. The van der Waals surface area contributed by atoms with E-state index in [1.54, 1.807) is 17.8 Å². The van der Waals surface area contributed by atoms with Gasteiger partial charge in [0.2, 0.25) is 5.88 Å². The lowest BCUT2D eigenvalue weighted by molar-refractivity contribution is 0.291. The molecule has 0 unspecified atom stereocenters. The Balaban J connectivity index is 2.05. The van der Waals surface area contributed by atoms with Crippen molar-refractivity contribution in [3.63, 3.8) is 0 Å². The quantitative estimate of drug-likeness (QED) is 0.649. The Hall–Kier alpha value is -1.46. The summed E-state index contributed by atoms with van der Waals surface area (Å²) in [6.45, 7) is 2.46. The molecule has 0 saturated heterocycles. The van der Waals surface area contributed by atoms with Gasteiger partial charge in [-0.15, -0.1) is 0 Å². The molecule has 2 aromatic rings. The van der Waals surface area contributed by atoms with E-state index in [1.807, 2.05) is 24.3 Å². The van der Waals surface area contributed by atoms with Gasteiger partial charge in [0, 0.05) is 22.4 Å². The molecule has 0 bridgehead atoms. The van der Waals surface area contributed by atoms with Gasteiger partial charge >= 0.3 is 0 Å². The summed E-state index contributed by atoms with van der Waals surface area (Å²) >= 11 is 7.65. The van der Waals surface area contributed by atoms with Gasteiger partial charge in [-0.3, -0.25) is 0 Å². The van der Waals surface area contributed by atoms with Gasteiger partial charge in [-0.25, -0.2) is 4.98 Å². The van der Waals surface area contributed by atoms with Gasteiger partial charge in [0.1, 0.15) is 12.4 Å². The zero-order valence-electron chi connectivity index (χ0n) is 11.2. The molecule has 2 N–H and O–H groups in total. The van der Waals surface area contributed by atoms with Crippen molar-refractivity contribution in [1.82, 2.24) is 9.97 Å². The number of rotatable bonds is 6. The molecule has 0 aliphatic carbocycles. The highest BCUT2D eigenvalue weighted by Crippen LogP contribution is 2.22. The number of anilines is 1. The summed E-state index contributed by atoms with van der Waals surface area (Å²) in [5.74, 6) is 1.83. The van der Waals surface area contributed by atoms with E-state index < -0.39 is 0 Å². The van der Waals surface area contributed by atoms with Gasteiger partial charge in [0.15, 0.2) is 5.16 Å². The van der Waals surface area contributed by atoms with Crippen LogP contribution in [0.15, 0.2) is 35.5 Å². The number of thioether (sulfide) groups is 1. The molecule has 0 aliphatic heterocycles. The minimum atomic E-state index is 0.355. The SMILES string of the molecule is CCCSc1nc(N)cc(OCc2ccccc2Cl)n1. The summed E-state index contributed by atoms with van der Waals surface area (Å²) in [6, 6.07) is 9.17. The van der Waals surface area contributed by atoms with E-state index in [0.29, 0.717) is 28.5 Å². The maximum Gasteiger partial charge on any atom is 0.219 e. The maximum atomic E-state index is 6.08. The Kier molecular flexibility index (Phi) is 5.49. The first-order valence-corrected chi connectivity index (χ1v) is 7.69. The highest BCUT2D eigenvalue weighted by molar-refractivity contribution is 7.99. The first kappa shape index (κ1) is 14.9. The molecule has 106 valence electrons. The normalized spacial score (nSPS) is 10.5. The number of hydrogen-bond acceptors (Lipinski definition) is 5. The van der Waals surface area contributed by atoms with E-state index in [2.05, 4.69) is 16.9 Å². The van der Waals surface area contributed by atoms with Crippen molar-refractivity contribution in [2.75, 3.05) is 11.5 Å². The fourth-order valence-electron chi connectivity index (χ4n) is 1.52. The van der Waals surface area contributed by atoms with Crippen LogP contribution < -0.4 is 10.5 Å². The first-order valence-electron chi connectivity index (χ1n) is 6.32. The Bertz CT molecular complexity index is 580. The van der Waals surface area contributed by atoms with E-state index in [0.717, 1.165) is 17.7 Å². The second-order valence-corrected chi connectivity index (χ2v) is 5.61. The number of benzene rings is 1. The van der Waals surface area contributed by atoms with Crippen molar-refractivity contribution in [1.29, 1.82) is 0 Å². The summed E-state index contributed by atoms with van der Waals surface area (Å²) in [5, 5.41) is 1.32. The molecule has 0 atom stereocenters. The van der Waals surface area contributed by atoms with Crippen LogP contribution in [0.4, 0.5) is 5.82 Å². The lowest BCUT2D eigenvalue weighted by Crippen LogP contribution is -2.02. The van der Waals surface area contributed by atoms with Crippen molar-refractivity contribution >= 4 is 29.2 Å². The van der Waals surface area contributed by atoms with Gasteiger partial charge in [-0.05, 0) is 12.5 Å². The summed E-state index contributed by atoms with van der Waals surface area (Å²) in [7, 11) is 0. The van der Waals surface area contributed by atoms with Crippen LogP contribution in [-0.2, 0) is 6.61 Å². The van der Waals surface area contributed by atoms with Crippen molar-refractivity contribution in [2.45, 2.75) is 25.1 Å². The Morgan fingerprint density at radius 2 is 2.10 bits per heavy atom. The zero-order chi connectivity index (χ0) is 14.4. The predicted molar refractivity (Wildman–Crippen MR) is 83.2 cm³/mol. The molecule has 1 heterocycles. The first-order chi connectivity index (χ1) is 9.69. The lowest BCUT2D eigenvalue weighted by atomic mass is 10.2. The smallest absolute Gasteiger partial charge is 0.219 e. The average Bonchev–Trinajstić information content (AvgIpc) is 2.44. The highest BCUT2D eigenvalue weighted by atomic mass is 35.5. The molecule has 1 aromatic heterocycles. The van der Waals surface area contributed by atoms with Crippen LogP contribution in [-0.4, -0.2) is 15.7 Å².